The van der Waals surface area contributed by atoms with Crippen LogP contribution in [0.2, 0.25) is 0 Å². The number of urea groups is 1. The van der Waals surface area contributed by atoms with E-state index in [1.807, 2.05) is 13.8 Å². The number of carboxylic acids is 1. The van der Waals surface area contributed by atoms with Gasteiger partial charge >= 0.3 is 12.0 Å². The van der Waals surface area contributed by atoms with Gasteiger partial charge in [-0.2, -0.15) is 0 Å². The smallest absolute Gasteiger partial charge is 0.323 e. The van der Waals surface area contributed by atoms with E-state index in [1.54, 1.807) is 4.90 Å². The Morgan fingerprint density at radius 3 is 2.63 bits per heavy atom. The molecule has 0 saturated heterocycles. The summed E-state index contributed by atoms with van der Waals surface area (Å²) < 4.78 is 0. The van der Waals surface area contributed by atoms with E-state index >= 15 is 0 Å². The summed E-state index contributed by atoms with van der Waals surface area (Å²) in [5, 5.41) is 12.0. The molecule has 1 aromatic heterocycles. The van der Waals surface area contributed by atoms with Gasteiger partial charge in [0.05, 0.1) is 12.1 Å². The summed E-state index contributed by atoms with van der Waals surface area (Å²) in [5.41, 5.74) is 0.906. The van der Waals surface area contributed by atoms with Crippen molar-refractivity contribution in [3.8, 4) is 0 Å². The summed E-state index contributed by atoms with van der Waals surface area (Å²) in [6.07, 6.45) is 1.87. The van der Waals surface area contributed by atoms with Gasteiger partial charge in [-0.1, -0.05) is 0 Å². The van der Waals surface area contributed by atoms with Gasteiger partial charge in [0.2, 0.25) is 0 Å². The van der Waals surface area contributed by atoms with Crippen LogP contribution in [-0.2, 0) is 4.79 Å². The van der Waals surface area contributed by atoms with Crippen LogP contribution < -0.4 is 5.32 Å². The second-order valence-electron chi connectivity index (χ2n) is 4.66. The molecule has 0 spiro atoms. The maximum Gasteiger partial charge on any atom is 0.323 e. The highest BCUT2D eigenvalue weighted by atomic mass is 32.1. The van der Waals surface area contributed by atoms with Gasteiger partial charge in [-0.25, -0.2) is 9.78 Å². The first-order valence-corrected chi connectivity index (χ1v) is 7.02. The van der Waals surface area contributed by atoms with E-state index < -0.39 is 5.97 Å². The van der Waals surface area contributed by atoms with E-state index in [9.17, 15) is 9.59 Å². The van der Waals surface area contributed by atoms with Crippen molar-refractivity contribution in [1.29, 1.82) is 0 Å². The number of hydrogen-bond donors (Lipinski definition) is 2. The van der Waals surface area contributed by atoms with E-state index in [0.717, 1.165) is 23.4 Å². The van der Waals surface area contributed by atoms with E-state index in [2.05, 4.69) is 10.3 Å². The number of aryl methyl sites for hydroxylation is 2. The molecule has 0 radical (unpaired) electrons. The number of aromatic nitrogens is 1. The van der Waals surface area contributed by atoms with Crippen LogP contribution in [0.1, 0.15) is 29.8 Å². The Hall–Kier alpha value is -1.63. The van der Waals surface area contributed by atoms with Gasteiger partial charge in [0, 0.05) is 17.5 Å². The van der Waals surface area contributed by atoms with Gasteiger partial charge in [-0.3, -0.25) is 10.1 Å². The zero-order valence-corrected chi connectivity index (χ0v) is 11.8. The molecule has 1 aliphatic carbocycles. The van der Waals surface area contributed by atoms with Gasteiger partial charge in [-0.05, 0) is 26.7 Å². The van der Waals surface area contributed by atoms with Crippen LogP contribution in [-0.4, -0.2) is 39.6 Å². The summed E-state index contributed by atoms with van der Waals surface area (Å²) in [6, 6.07) is -0.0704. The van der Waals surface area contributed by atoms with E-state index in [0.29, 0.717) is 5.13 Å². The highest BCUT2D eigenvalue weighted by molar-refractivity contribution is 7.15. The zero-order chi connectivity index (χ0) is 14.0. The fourth-order valence-electron chi connectivity index (χ4n) is 1.74. The molecule has 0 unspecified atom stereocenters. The molecule has 2 N–H and O–H groups in total. The van der Waals surface area contributed by atoms with E-state index in [1.165, 1.54) is 11.3 Å². The first-order valence-electron chi connectivity index (χ1n) is 6.21. The third kappa shape index (κ3) is 3.66. The summed E-state index contributed by atoms with van der Waals surface area (Å²) in [5.74, 6) is -0.889. The largest absolute Gasteiger partial charge is 0.481 e. The minimum Gasteiger partial charge on any atom is -0.481 e. The highest BCUT2D eigenvalue weighted by Crippen LogP contribution is 2.28. The number of carbonyl (C=O) groups excluding carboxylic acids is 1. The van der Waals surface area contributed by atoms with Crippen molar-refractivity contribution in [2.24, 2.45) is 0 Å². The van der Waals surface area contributed by atoms with Crippen LogP contribution in [0.15, 0.2) is 0 Å². The first-order chi connectivity index (χ1) is 8.97. The van der Waals surface area contributed by atoms with Crippen LogP contribution in [0.5, 0.6) is 0 Å². The summed E-state index contributed by atoms with van der Waals surface area (Å²) >= 11 is 1.43. The van der Waals surface area contributed by atoms with Gasteiger partial charge < -0.3 is 10.0 Å². The molecule has 2 amide bonds. The minimum absolute atomic E-state index is 0.0279. The molecule has 1 aromatic rings. The van der Waals surface area contributed by atoms with Crippen molar-refractivity contribution in [1.82, 2.24) is 9.88 Å². The molecule has 6 nitrogen and oxygen atoms in total. The normalized spacial score (nSPS) is 14.2. The fraction of sp³-hybridized carbons (Fsp3) is 0.583. The van der Waals surface area contributed by atoms with Crippen LogP contribution in [0.4, 0.5) is 9.93 Å². The molecule has 1 fully saturated rings. The topological polar surface area (TPSA) is 82.5 Å². The predicted octanol–water partition coefficient (Wildman–Crippen LogP) is 2.23. The maximum atomic E-state index is 12.1. The fourth-order valence-corrected chi connectivity index (χ4v) is 2.55. The van der Waals surface area contributed by atoms with Crippen LogP contribution in [0.3, 0.4) is 0 Å². The van der Waals surface area contributed by atoms with Gasteiger partial charge in [0.25, 0.3) is 0 Å². The molecular weight excluding hydrogens is 266 g/mol. The standard InChI is InChI=1S/C12H17N3O3S/c1-7-8(2)19-11(13-7)14-12(18)15(9-3-4-9)6-5-10(16)17/h9H,3-6H2,1-2H3,(H,16,17)(H,13,14,18). The average Bonchev–Trinajstić information content (AvgIpc) is 3.08. The number of carbonyl (C=O) groups is 2. The Bertz CT molecular complexity index is 477. The molecule has 0 bridgehead atoms. The van der Waals surface area contributed by atoms with Crippen LogP contribution >= 0.6 is 11.3 Å². The Kier molecular flexibility index (Phi) is 4.04. The lowest BCUT2D eigenvalue weighted by atomic mass is 10.4. The number of rotatable bonds is 5. The van der Waals surface area contributed by atoms with Gasteiger partial charge in [0.1, 0.15) is 0 Å². The van der Waals surface area contributed by atoms with Crippen LogP contribution in [0.25, 0.3) is 0 Å². The molecular formula is C12H17N3O3S. The zero-order valence-electron chi connectivity index (χ0n) is 11.0. The third-order valence-electron chi connectivity index (χ3n) is 3.06. The second-order valence-corrected chi connectivity index (χ2v) is 5.86. The van der Waals surface area contributed by atoms with Crippen molar-refractivity contribution in [2.45, 2.75) is 39.2 Å². The molecule has 7 heteroatoms. The van der Waals surface area contributed by atoms with Gasteiger partial charge in [-0.15, -0.1) is 11.3 Å². The number of thiazole rings is 1. The number of amides is 2. The predicted molar refractivity (Wildman–Crippen MR) is 72.6 cm³/mol. The number of aliphatic carboxylic acids is 1. The number of hydrogen-bond acceptors (Lipinski definition) is 4. The Labute approximate surface area is 115 Å². The quantitative estimate of drug-likeness (QED) is 0.868. The lowest BCUT2D eigenvalue weighted by Crippen LogP contribution is -2.38. The molecule has 104 valence electrons. The summed E-state index contributed by atoms with van der Waals surface area (Å²) in [4.78, 5) is 29.6. The minimum atomic E-state index is -0.889. The number of nitrogens with one attached hydrogen (secondary N) is 1. The SMILES string of the molecule is Cc1nc(NC(=O)N(CCC(=O)O)C2CC2)sc1C. The lowest BCUT2D eigenvalue weighted by molar-refractivity contribution is -0.137. The first kappa shape index (κ1) is 13.8. The van der Waals surface area contributed by atoms with Crippen molar-refractivity contribution in [3.63, 3.8) is 0 Å². The molecule has 1 aliphatic rings. The Morgan fingerprint density at radius 1 is 1.47 bits per heavy atom. The highest BCUT2D eigenvalue weighted by Gasteiger charge is 2.33. The lowest BCUT2D eigenvalue weighted by Gasteiger charge is -2.21. The molecule has 1 heterocycles. The number of carboxylic acid groups (broad SMARTS) is 1. The average molecular weight is 283 g/mol. The van der Waals surface area contributed by atoms with Crippen molar-refractivity contribution in [3.05, 3.63) is 10.6 Å². The number of anilines is 1. The third-order valence-corrected chi connectivity index (χ3v) is 4.05. The summed E-state index contributed by atoms with van der Waals surface area (Å²) in [6.45, 7) is 4.09. The van der Waals surface area contributed by atoms with Gasteiger partial charge in [0.15, 0.2) is 5.13 Å². The molecule has 2 rings (SSSR count). The van der Waals surface area contributed by atoms with Crippen molar-refractivity contribution in [2.75, 3.05) is 11.9 Å². The Balaban J connectivity index is 1.97. The van der Waals surface area contributed by atoms with Crippen molar-refractivity contribution >= 4 is 28.5 Å². The monoisotopic (exact) mass is 283 g/mol. The summed E-state index contributed by atoms with van der Waals surface area (Å²) in [7, 11) is 0. The molecule has 0 aromatic carbocycles. The molecule has 0 atom stereocenters. The van der Waals surface area contributed by atoms with Crippen molar-refractivity contribution < 1.29 is 14.7 Å². The van der Waals surface area contributed by atoms with Crippen LogP contribution in [0, 0.1) is 13.8 Å². The molecule has 1 saturated carbocycles. The second kappa shape index (κ2) is 5.56. The molecule has 19 heavy (non-hydrogen) atoms. The van der Waals surface area contributed by atoms with E-state index in [4.69, 9.17) is 5.11 Å². The van der Waals surface area contributed by atoms with E-state index in [-0.39, 0.29) is 25.0 Å². The number of nitrogens with zero attached hydrogens (tertiary/aromatic N) is 2. The maximum absolute atomic E-state index is 12.1. The molecule has 0 aliphatic heterocycles. The Morgan fingerprint density at radius 2 is 2.16 bits per heavy atom.